The first-order valence-corrected chi connectivity index (χ1v) is 10.2. The van der Waals surface area contributed by atoms with Crippen molar-refractivity contribution in [2.75, 3.05) is 7.11 Å². The van der Waals surface area contributed by atoms with Crippen LogP contribution in [0.4, 0.5) is 0 Å². The van der Waals surface area contributed by atoms with Crippen LogP contribution in [-0.4, -0.2) is 7.11 Å². The Morgan fingerprint density at radius 2 is 1.55 bits per heavy atom. The second-order valence-corrected chi connectivity index (χ2v) is 7.27. The Hall–Kier alpha value is -3.09. The van der Waals surface area contributed by atoms with Crippen molar-refractivity contribution in [1.29, 1.82) is 0 Å². The molecule has 0 spiro atoms. The van der Waals surface area contributed by atoms with Crippen LogP contribution in [0, 0.1) is 6.92 Å². The lowest BCUT2D eigenvalue weighted by Crippen LogP contribution is -1.94. The third kappa shape index (κ3) is 4.04. The molecule has 1 atom stereocenters. The molecule has 0 radical (unpaired) electrons. The minimum atomic E-state index is 0.811. The molecule has 1 unspecified atom stereocenters. The highest BCUT2D eigenvalue weighted by atomic mass is 31.0. The minimum Gasteiger partial charge on any atom is -0.497 e. The number of hydrogen-bond acceptors (Lipinski definition) is 2. The zero-order valence-electron chi connectivity index (χ0n) is 16.6. The molecule has 144 valence electrons. The molecular formula is C26H23O2P. The summed E-state index contributed by atoms with van der Waals surface area (Å²) in [6.45, 7) is 2.13. The smallest absolute Gasteiger partial charge is 0.143 e. The number of rotatable bonds is 5. The van der Waals surface area contributed by atoms with Crippen LogP contribution < -0.4 is 9.47 Å². The summed E-state index contributed by atoms with van der Waals surface area (Å²) in [4.78, 5) is 0. The van der Waals surface area contributed by atoms with E-state index in [0.717, 1.165) is 50.3 Å². The van der Waals surface area contributed by atoms with Gasteiger partial charge < -0.3 is 9.47 Å². The molecule has 4 aromatic rings. The van der Waals surface area contributed by atoms with E-state index in [1.54, 1.807) is 7.11 Å². The third-order valence-corrected chi connectivity index (χ3v) is 5.14. The predicted octanol–water partition coefficient (Wildman–Crippen LogP) is 7.46. The van der Waals surface area contributed by atoms with Crippen LogP contribution in [0.5, 0.6) is 17.2 Å². The highest BCUT2D eigenvalue weighted by molar-refractivity contribution is 7.21. The van der Waals surface area contributed by atoms with Gasteiger partial charge in [-0.05, 0) is 59.3 Å². The average molecular weight is 398 g/mol. The van der Waals surface area contributed by atoms with Gasteiger partial charge in [0.25, 0.3) is 0 Å². The summed E-state index contributed by atoms with van der Waals surface area (Å²) in [6, 6.07) is 26.8. The van der Waals surface area contributed by atoms with Crippen molar-refractivity contribution in [3.63, 3.8) is 0 Å². The second-order valence-electron chi connectivity index (χ2n) is 6.88. The summed E-state index contributed by atoms with van der Waals surface area (Å²) < 4.78 is 11.9. The van der Waals surface area contributed by atoms with Crippen LogP contribution in [0.25, 0.3) is 28.0 Å². The highest BCUT2D eigenvalue weighted by Gasteiger charge is 2.16. The number of benzene rings is 4. The molecule has 3 heteroatoms. The summed E-state index contributed by atoms with van der Waals surface area (Å²) >= 11 is 0. The summed E-state index contributed by atoms with van der Waals surface area (Å²) in [6.07, 6.45) is 2.04. The van der Waals surface area contributed by atoms with Crippen molar-refractivity contribution < 1.29 is 9.47 Å². The summed E-state index contributed by atoms with van der Waals surface area (Å²) in [7, 11) is 4.28. The number of methoxy groups -OCH3 is 1. The van der Waals surface area contributed by atoms with Crippen LogP contribution in [0.3, 0.4) is 0 Å². The predicted molar refractivity (Wildman–Crippen MR) is 126 cm³/mol. The van der Waals surface area contributed by atoms with Gasteiger partial charge in [-0.3, -0.25) is 0 Å². The van der Waals surface area contributed by atoms with Crippen LogP contribution in [0.2, 0.25) is 0 Å². The van der Waals surface area contributed by atoms with Gasteiger partial charge in [-0.15, -0.1) is 9.24 Å². The van der Waals surface area contributed by atoms with Crippen molar-refractivity contribution in [2.45, 2.75) is 6.92 Å². The topological polar surface area (TPSA) is 18.5 Å². The van der Waals surface area contributed by atoms with Gasteiger partial charge in [-0.1, -0.05) is 60.4 Å². The Balaban J connectivity index is 1.90. The molecule has 0 aromatic heterocycles. The van der Waals surface area contributed by atoms with Gasteiger partial charge in [-0.25, -0.2) is 0 Å². The molecule has 4 aromatic carbocycles. The van der Waals surface area contributed by atoms with E-state index in [2.05, 4.69) is 70.8 Å². The fourth-order valence-corrected chi connectivity index (χ4v) is 3.78. The zero-order valence-corrected chi connectivity index (χ0v) is 17.7. The molecule has 0 saturated carbocycles. The summed E-state index contributed by atoms with van der Waals surface area (Å²) in [5, 5.41) is 2.16. The maximum Gasteiger partial charge on any atom is 0.143 e. The van der Waals surface area contributed by atoms with E-state index in [1.807, 2.05) is 36.2 Å². The fraction of sp³-hybridized carbons (Fsp3) is 0.0769. The largest absolute Gasteiger partial charge is 0.497 e. The molecule has 0 heterocycles. The second kappa shape index (κ2) is 8.51. The van der Waals surface area contributed by atoms with E-state index >= 15 is 0 Å². The van der Waals surface area contributed by atoms with Crippen LogP contribution in [-0.2, 0) is 0 Å². The third-order valence-electron chi connectivity index (χ3n) is 4.95. The van der Waals surface area contributed by atoms with Crippen molar-refractivity contribution in [2.24, 2.45) is 0 Å². The first-order chi connectivity index (χ1) is 14.2. The normalized spacial score (nSPS) is 11.1. The molecule has 0 aliphatic rings. The van der Waals surface area contributed by atoms with E-state index in [1.165, 1.54) is 0 Å². The van der Waals surface area contributed by atoms with Crippen molar-refractivity contribution >= 4 is 26.1 Å². The Morgan fingerprint density at radius 1 is 0.828 bits per heavy atom. The van der Waals surface area contributed by atoms with Crippen LogP contribution in [0.15, 0.2) is 84.7 Å². The van der Waals surface area contributed by atoms with Crippen molar-refractivity contribution in [1.82, 2.24) is 0 Å². The standard InChI is InChI=1S/C26H23O2P/c1-18-16-21-17-23(27-2)12-13-24(21)26(25(18)20-6-4-3-5-7-20)28-22-10-8-19(9-11-22)14-15-29/h3-17H,29H2,1-2H3. The van der Waals surface area contributed by atoms with Gasteiger partial charge in [-0.2, -0.15) is 0 Å². The van der Waals surface area contributed by atoms with E-state index < -0.39 is 0 Å². The molecule has 4 rings (SSSR count). The quantitative estimate of drug-likeness (QED) is 0.325. The minimum absolute atomic E-state index is 0.811. The first-order valence-electron chi connectivity index (χ1n) is 9.52. The molecule has 0 saturated heterocycles. The maximum absolute atomic E-state index is 6.49. The molecule has 0 aliphatic heterocycles. The molecule has 0 bridgehead atoms. The lowest BCUT2D eigenvalue weighted by molar-refractivity contribution is 0.415. The average Bonchev–Trinajstić information content (AvgIpc) is 2.75. The van der Waals surface area contributed by atoms with Crippen molar-refractivity contribution in [3.05, 3.63) is 95.8 Å². The number of aryl methyl sites for hydroxylation is 1. The lowest BCUT2D eigenvalue weighted by Gasteiger charge is -2.18. The zero-order chi connectivity index (χ0) is 20.2. The molecular weight excluding hydrogens is 375 g/mol. The van der Waals surface area contributed by atoms with Crippen LogP contribution in [0.1, 0.15) is 11.1 Å². The summed E-state index contributed by atoms with van der Waals surface area (Å²) in [5.41, 5.74) is 4.54. The number of fused-ring (bicyclic) bond motifs is 1. The Kier molecular flexibility index (Phi) is 5.64. The monoisotopic (exact) mass is 398 g/mol. The van der Waals surface area contributed by atoms with Crippen LogP contribution >= 0.6 is 9.24 Å². The van der Waals surface area contributed by atoms with Gasteiger partial charge in [0.05, 0.1) is 7.11 Å². The number of ether oxygens (including phenoxy) is 2. The van der Waals surface area contributed by atoms with E-state index in [4.69, 9.17) is 9.47 Å². The van der Waals surface area contributed by atoms with Crippen molar-refractivity contribution in [3.8, 4) is 28.4 Å². The van der Waals surface area contributed by atoms with Gasteiger partial charge in [0.15, 0.2) is 0 Å². The molecule has 29 heavy (non-hydrogen) atoms. The SMILES string of the molecule is COc1ccc2c(Oc3ccc(C=CP)cc3)c(-c3ccccc3)c(C)cc2c1. The number of hydrogen-bond donors (Lipinski definition) is 0. The van der Waals surface area contributed by atoms with Gasteiger partial charge in [0, 0.05) is 10.9 Å². The first kappa shape index (κ1) is 19.2. The molecule has 0 aliphatic carbocycles. The van der Waals surface area contributed by atoms with E-state index in [9.17, 15) is 0 Å². The fourth-order valence-electron chi connectivity index (χ4n) is 3.56. The Morgan fingerprint density at radius 3 is 2.24 bits per heavy atom. The van der Waals surface area contributed by atoms with Gasteiger partial charge in [0.1, 0.15) is 17.2 Å². The highest BCUT2D eigenvalue weighted by Crippen LogP contribution is 2.42. The van der Waals surface area contributed by atoms with Gasteiger partial charge in [0.2, 0.25) is 0 Å². The molecule has 0 amide bonds. The van der Waals surface area contributed by atoms with Gasteiger partial charge >= 0.3 is 0 Å². The molecule has 0 N–H and O–H groups in total. The maximum atomic E-state index is 6.49. The molecule has 2 nitrogen and oxygen atoms in total. The Bertz CT molecular complexity index is 1160. The van der Waals surface area contributed by atoms with E-state index in [-0.39, 0.29) is 0 Å². The Labute approximate surface area is 174 Å². The van der Waals surface area contributed by atoms with E-state index in [0.29, 0.717) is 0 Å². The molecule has 0 fully saturated rings. The summed E-state index contributed by atoms with van der Waals surface area (Å²) in [5.74, 6) is 4.46. The lowest BCUT2D eigenvalue weighted by atomic mass is 9.94.